The molecular weight excluding hydrogens is 418 g/mol. The first-order valence-corrected chi connectivity index (χ1v) is 10.7. The number of carboxylic acid groups (broad SMARTS) is 1. The average Bonchev–Trinajstić information content (AvgIpc) is 3.19. The van der Waals surface area contributed by atoms with Gasteiger partial charge in [0.25, 0.3) is 0 Å². The molecule has 0 aliphatic rings. The average molecular weight is 443 g/mol. The lowest BCUT2D eigenvalue weighted by atomic mass is 10.0. The van der Waals surface area contributed by atoms with Crippen molar-refractivity contribution < 1.29 is 23.9 Å². The Kier molecular flexibility index (Phi) is 7.05. The third kappa shape index (κ3) is 6.01. The predicted octanol–water partition coefficient (Wildman–Crippen LogP) is 5.48. The lowest BCUT2D eigenvalue weighted by Crippen LogP contribution is -2.01. The minimum absolute atomic E-state index is 0.208. The highest BCUT2D eigenvalue weighted by Crippen LogP contribution is 2.29. The smallest absolute Gasteiger partial charge is 0.311 e. The number of aryl methyl sites for hydroxylation is 1. The molecule has 0 amide bonds. The van der Waals surface area contributed by atoms with E-state index in [1.54, 1.807) is 6.92 Å². The molecular formula is C27H25NO5. The van der Waals surface area contributed by atoms with E-state index in [1.807, 2.05) is 66.7 Å². The van der Waals surface area contributed by atoms with Crippen molar-refractivity contribution in [1.82, 2.24) is 5.16 Å². The van der Waals surface area contributed by atoms with Crippen molar-refractivity contribution in [1.29, 1.82) is 0 Å². The Morgan fingerprint density at radius 2 is 1.55 bits per heavy atom. The molecule has 0 unspecified atom stereocenters. The normalized spacial score (nSPS) is 10.7. The molecule has 6 nitrogen and oxygen atoms in total. The topological polar surface area (TPSA) is 81.8 Å². The summed E-state index contributed by atoms with van der Waals surface area (Å²) in [6.45, 7) is 2.86. The van der Waals surface area contributed by atoms with E-state index in [0.717, 1.165) is 29.0 Å². The third-order valence-corrected chi connectivity index (χ3v) is 5.22. The van der Waals surface area contributed by atoms with Gasteiger partial charge in [-0.25, -0.2) is 0 Å². The third-order valence-electron chi connectivity index (χ3n) is 5.22. The molecule has 0 saturated heterocycles. The Morgan fingerprint density at radius 3 is 2.24 bits per heavy atom. The Hall–Kier alpha value is -4.06. The van der Waals surface area contributed by atoms with Gasteiger partial charge in [-0.1, -0.05) is 59.8 Å². The molecule has 0 fully saturated rings. The molecule has 0 spiro atoms. The van der Waals surface area contributed by atoms with Crippen molar-refractivity contribution in [3.05, 3.63) is 101 Å². The van der Waals surface area contributed by atoms with Gasteiger partial charge in [-0.2, -0.15) is 0 Å². The number of rotatable bonds is 10. The maximum absolute atomic E-state index is 11.1. The molecule has 4 aromatic rings. The van der Waals surface area contributed by atoms with Crippen molar-refractivity contribution in [2.24, 2.45) is 0 Å². The molecule has 0 aliphatic carbocycles. The van der Waals surface area contributed by atoms with Crippen LogP contribution in [0.4, 0.5) is 0 Å². The van der Waals surface area contributed by atoms with Crippen LogP contribution in [0.2, 0.25) is 0 Å². The summed E-state index contributed by atoms with van der Waals surface area (Å²) < 4.78 is 16.9. The van der Waals surface area contributed by atoms with Crippen LogP contribution in [-0.4, -0.2) is 22.8 Å². The van der Waals surface area contributed by atoms with Crippen molar-refractivity contribution in [3.63, 3.8) is 0 Å². The number of carboxylic acids is 1. The summed E-state index contributed by atoms with van der Waals surface area (Å²) >= 11 is 0. The van der Waals surface area contributed by atoms with Crippen molar-refractivity contribution >= 4 is 5.97 Å². The molecule has 1 heterocycles. The molecule has 1 aromatic heterocycles. The maximum atomic E-state index is 11.1. The van der Waals surface area contributed by atoms with Crippen LogP contribution in [0.15, 0.2) is 83.4 Å². The second kappa shape index (κ2) is 10.5. The van der Waals surface area contributed by atoms with Gasteiger partial charge in [0.15, 0.2) is 5.76 Å². The van der Waals surface area contributed by atoms with Gasteiger partial charge in [-0.3, -0.25) is 4.79 Å². The number of hydrogen-bond donors (Lipinski definition) is 1. The molecule has 33 heavy (non-hydrogen) atoms. The highest BCUT2D eigenvalue weighted by atomic mass is 16.5. The fourth-order valence-corrected chi connectivity index (χ4v) is 3.54. The standard InChI is InChI=1S/C27H25NO5/c1-19-27(25(33-28-19)17-26(29)30)22-9-13-24(14-10-22)32-18-21-7-11-23(12-8-21)31-16-15-20-5-3-2-4-6-20/h2-14H,15-18H2,1H3,(H,29,30). The molecule has 0 atom stereocenters. The summed E-state index contributed by atoms with van der Waals surface area (Å²) in [6.07, 6.45) is 0.661. The van der Waals surface area contributed by atoms with Gasteiger partial charge in [-0.05, 0) is 47.9 Å². The second-order valence-corrected chi connectivity index (χ2v) is 7.68. The van der Waals surface area contributed by atoms with Crippen LogP contribution in [0.25, 0.3) is 11.1 Å². The summed E-state index contributed by atoms with van der Waals surface area (Å²) in [5, 5.41) is 13.0. The van der Waals surface area contributed by atoms with Gasteiger partial charge >= 0.3 is 5.97 Å². The number of hydrogen-bond acceptors (Lipinski definition) is 5. The largest absolute Gasteiger partial charge is 0.493 e. The van der Waals surface area contributed by atoms with Crippen molar-refractivity contribution in [2.45, 2.75) is 26.4 Å². The van der Waals surface area contributed by atoms with Crippen molar-refractivity contribution in [2.75, 3.05) is 6.61 Å². The Balaban J connectivity index is 1.30. The summed E-state index contributed by atoms with van der Waals surface area (Å²) in [5.74, 6) is 0.941. The Bertz CT molecular complexity index is 1180. The minimum Gasteiger partial charge on any atom is -0.493 e. The molecule has 0 aliphatic heterocycles. The highest BCUT2D eigenvalue weighted by Gasteiger charge is 2.17. The molecule has 0 radical (unpaired) electrons. The number of ether oxygens (including phenoxy) is 2. The summed E-state index contributed by atoms with van der Waals surface area (Å²) in [7, 11) is 0. The fraction of sp³-hybridized carbons (Fsp3) is 0.185. The zero-order chi connectivity index (χ0) is 23.0. The van der Waals surface area contributed by atoms with E-state index in [1.165, 1.54) is 5.56 Å². The van der Waals surface area contributed by atoms with Crippen LogP contribution in [0, 0.1) is 6.92 Å². The summed E-state index contributed by atoms with van der Waals surface area (Å²) in [6, 6.07) is 25.6. The zero-order valence-electron chi connectivity index (χ0n) is 18.4. The van der Waals surface area contributed by atoms with E-state index in [9.17, 15) is 4.79 Å². The first-order valence-electron chi connectivity index (χ1n) is 10.7. The Morgan fingerprint density at radius 1 is 0.879 bits per heavy atom. The van der Waals surface area contributed by atoms with Crippen LogP contribution in [-0.2, 0) is 24.2 Å². The van der Waals surface area contributed by atoms with Gasteiger partial charge in [0.05, 0.1) is 12.3 Å². The molecule has 6 heteroatoms. The lowest BCUT2D eigenvalue weighted by Gasteiger charge is -2.09. The first kappa shape index (κ1) is 22.1. The number of aliphatic carboxylic acids is 1. The first-order chi connectivity index (χ1) is 16.1. The minimum atomic E-state index is -0.958. The monoisotopic (exact) mass is 443 g/mol. The van der Waals surface area contributed by atoms with Gasteiger partial charge in [-0.15, -0.1) is 0 Å². The van der Waals surface area contributed by atoms with E-state index in [0.29, 0.717) is 30.2 Å². The molecule has 168 valence electrons. The maximum Gasteiger partial charge on any atom is 0.311 e. The zero-order valence-corrected chi connectivity index (χ0v) is 18.4. The van der Waals surface area contributed by atoms with E-state index in [-0.39, 0.29) is 6.42 Å². The van der Waals surface area contributed by atoms with E-state index < -0.39 is 5.97 Å². The molecule has 3 aromatic carbocycles. The van der Waals surface area contributed by atoms with Crippen LogP contribution >= 0.6 is 0 Å². The predicted molar refractivity (Wildman–Crippen MR) is 124 cm³/mol. The number of benzene rings is 3. The van der Waals surface area contributed by atoms with Crippen LogP contribution in [0.5, 0.6) is 11.5 Å². The number of aromatic nitrogens is 1. The summed E-state index contributed by atoms with van der Waals surface area (Å²) in [5.41, 5.74) is 4.51. The van der Waals surface area contributed by atoms with Crippen molar-refractivity contribution in [3.8, 4) is 22.6 Å². The number of carbonyl (C=O) groups is 1. The molecule has 1 N–H and O–H groups in total. The van der Waals surface area contributed by atoms with Crippen LogP contribution in [0.1, 0.15) is 22.6 Å². The van der Waals surface area contributed by atoms with Crippen LogP contribution in [0.3, 0.4) is 0 Å². The van der Waals surface area contributed by atoms with Gasteiger partial charge < -0.3 is 19.1 Å². The highest BCUT2D eigenvalue weighted by molar-refractivity contribution is 5.76. The second-order valence-electron chi connectivity index (χ2n) is 7.68. The Labute approximate surface area is 192 Å². The SMILES string of the molecule is Cc1noc(CC(=O)O)c1-c1ccc(OCc2ccc(OCCc3ccccc3)cc2)cc1. The number of nitrogens with zero attached hydrogens (tertiary/aromatic N) is 1. The molecule has 4 rings (SSSR count). The molecule has 0 saturated carbocycles. The lowest BCUT2D eigenvalue weighted by molar-refractivity contribution is -0.136. The van der Waals surface area contributed by atoms with E-state index >= 15 is 0 Å². The fourth-order valence-electron chi connectivity index (χ4n) is 3.54. The summed E-state index contributed by atoms with van der Waals surface area (Å²) in [4.78, 5) is 11.1. The quantitative estimate of drug-likeness (QED) is 0.350. The van der Waals surface area contributed by atoms with Gasteiger partial charge in [0, 0.05) is 12.0 Å². The van der Waals surface area contributed by atoms with Crippen LogP contribution < -0.4 is 9.47 Å². The van der Waals surface area contributed by atoms with Gasteiger partial charge in [0.1, 0.15) is 24.5 Å². The van der Waals surface area contributed by atoms with E-state index in [4.69, 9.17) is 19.1 Å². The molecule has 0 bridgehead atoms. The van der Waals surface area contributed by atoms with E-state index in [2.05, 4.69) is 17.3 Å². The van der Waals surface area contributed by atoms with Gasteiger partial charge in [0.2, 0.25) is 0 Å².